The van der Waals surface area contributed by atoms with Gasteiger partial charge in [-0.05, 0) is 42.0 Å². The fraction of sp³-hybridized carbons (Fsp3) is 0.118. The van der Waals surface area contributed by atoms with E-state index in [1.54, 1.807) is 37.5 Å². The zero-order valence-electron chi connectivity index (χ0n) is 12.2. The van der Waals surface area contributed by atoms with Crippen LogP contribution >= 0.6 is 0 Å². The molecule has 1 N–H and O–H groups in total. The minimum absolute atomic E-state index is 0.0872. The first kappa shape index (κ1) is 16.6. The summed E-state index contributed by atoms with van der Waals surface area (Å²) in [5, 5.41) is 2.40. The molecule has 120 valence electrons. The lowest BCUT2D eigenvalue weighted by atomic mass is 10.2. The van der Waals surface area contributed by atoms with Gasteiger partial charge in [0, 0.05) is 11.8 Å². The number of alkyl halides is 3. The highest BCUT2D eigenvalue weighted by atomic mass is 19.4. The van der Waals surface area contributed by atoms with E-state index in [2.05, 4.69) is 5.32 Å². The van der Waals surface area contributed by atoms with E-state index in [4.69, 9.17) is 4.74 Å². The summed E-state index contributed by atoms with van der Waals surface area (Å²) in [5.74, 6) is 0.177. The van der Waals surface area contributed by atoms with E-state index >= 15 is 0 Å². The van der Waals surface area contributed by atoms with Gasteiger partial charge in [-0.15, -0.1) is 0 Å². The van der Waals surface area contributed by atoms with E-state index in [-0.39, 0.29) is 5.69 Å². The molecule has 0 aliphatic heterocycles. The molecule has 0 fully saturated rings. The number of benzene rings is 2. The number of anilines is 1. The van der Waals surface area contributed by atoms with Crippen LogP contribution in [0.15, 0.2) is 54.6 Å². The van der Waals surface area contributed by atoms with Crippen molar-refractivity contribution in [2.75, 3.05) is 12.4 Å². The van der Waals surface area contributed by atoms with Crippen molar-refractivity contribution < 1.29 is 22.7 Å². The van der Waals surface area contributed by atoms with Crippen molar-refractivity contribution in [1.82, 2.24) is 0 Å². The van der Waals surface area contributed by atoms with Gasteiger partial charge in [0.1, 0.15) is 5.75 Å². The first-order chi connectivity index (χ1) is 10.9. The maximum Gasteiger partial charge on any atom is 0.416 e. The minimum atomic E-state index is -4.44. The molecule has 0 atom stereocenters. The summed E-state index contributed by atoms with van der Waals surface area (Å²) in [6.07, 6.45) is -1.63. The molecule has 0 unspecified atom stereocenters. The Labute approximate surface area is 131 Å². The van der Waals surface area contributed by atoms with Crippen LogP contribution in [0, 0.1) is 0 Å². The second-order valence-corrected chi connectivity index (χ2v) is 4.67. The zero-order chi connectivity index (χ0) is 16.9. The summed E-state index contributed by atoms with van der Waals surface area (Å²) < 4.78 is 42.8. The summed E-state index contributed by atoms with van der Waals surface area (Å²) in [7, 11) is 1.55. The molecule has 0 heterocycles. The molecule has 0 saturated heterocycles. The first-order valence-corrected chi connectivity index (χ1v) is 6.69. The van der Waals surface area contributed by atoms with Gasteiger partial charge in [0.05, 0.1) is 12.7 Å². The van der Waals surface area contributed by atoms with E-state index in [9.17, 15) is 18.0 Å². The Morgan fingerprint density at radius 3 is 2.43 bits per heavy atom. The van der Waals surface area contributed by atoms with Gasteiger partial charge >= 0.3 is 6.18 Å². The SMILES string of the molecule is COc1ccc(/C=C/C(=O)Nc2cccc(C(F)(F)F)c2)cc1. The average molecular weight is 321 g/mol. The van der Waals surface area contributed by atoms with Crippen LogP contribution in [0.3, 0.4) is 0 Å². The molecule has 0 spiro atoms. The Bertz CT molecular complexity index is 707. The summed E-state index contributed by atoms with van der Waals surface area (Å²) in [4.78, 5) is 11.8. The number of amides is 1. The van der Waals surface area contributed by atoms with Gasteiger partial charge in [-0.3, -0.25) is 4.79 Å². The predicted molar refractivity (Wildman–Crippen MR) is 82.1 cm³/mol. The molecule has 0 saturated carbocycles. The molecule has 6 heteroatoms. The number of hydrogen-bond donors (Lipinski definition) is 1. The van der Waals surface area contributed by atoms with Crippen LogP contribution < -0.4 is 10.1 Å². The van der Waals surface area contributed by atoms with Gasteiger partial charge < -0.3 is 10.1 Å². The number of halogens is 3. The fourth-order valence-corrected chi connectivity index (χ4v) is 1.84. The third kappa shape index (κ3) is 4.88. The molecule has 3 nitrogen and oxygen atoms in total. The molecule has 0 aliphatic carbocycles. The topological polar surface area (TPSA) is 38.3 Å². The van der Waals surface area contributed by atoms with E-state index in [1.165, 1.54) is 18.2 Å². The van der Waals surface area contributed by atoms with Crippen molar-refractivity contribution in [1.29, 1.82) is 0 Å². The molecule has 0 radical (unpaired) electrons. The van der Waals surface area contributed by atoms with Crippen molar-refractivity contribution in [3.8, 4) is 5.75 Å². The molecule has 2 aromatic rings. The van der Waals surface area contributed by atoms with Gasteiger partial charge in [0.15, 0.2) is 0 Å². The monoisotopic (exact) mass is 321 g/mol. The zero-order valence-corrected chi connectivity index (χ0v) is 12.2. The van der Waals surface area contributed by atoms with Gasteiger partial charge in [-0.1, -0.05) is 18.2 Å². The van der Waals surface area contributed by atoms with Gasteiger partial charge in [0.2, 0.25) is 5.91 Å². The lowest BCUT2D eigenvalue weighted by molar-refractivity contribution is -0.137. The Morgan fingerprint density at radius 2 is 1.83 bits per heavy atom. The first-order valence-electron chi connectivity index (χ1n) is 6.69. The number of methoxy groups -OCH3 is 1. The third-order valence-corrected chi connectivity index (χ3v) is 3.00. The van der Waals surface area contributed by atoms with Crippen molar-refractivity contribution in [2.24, 2.45) is 0 Å². The number of carbonyl (C=O) groups is 1. The number of ether oxygens (including phenoxy) is 1. The Morgan fingerprint density at radius 1 is 1.13 bits per heavy atom. The van der Waals surface area contributed by atoms with Crippen molar-refractivity contribution in [2.45, 2.75) is 6.18 Å². The van der Waals surface area contributed by atoms with Crippen LogP contribution in [0.1, 0.15) is 11.1 Å². The van der Waals surface area contributed by atoms with E-state index < -0.39 is 17.6 Å². The lowest BCUT2D eigenvalue weighted by Crippen LogP contribution is -2.10. The van der Waals surface area contributed by atoms with Crippen molar-refractivity contribution >= 4 is 17.7 Å². The van der Waals surface area contributed by atoms with Crippen LogP contribution in [0.4, 0.5) is 18.9 Å². The average Bonchev–Trinajstić information content (AvgIpc) is 2.53. The van der Waals surface area contributed by atoms with Crippen molar-refractivity contribution in [3.63, 3.8) is 0 Å². The molecule has 2 rings (SSSR count). The minimum Gasteiger partial charge on any atom is -0.497 e. The number of carbonyl (C=O) groups excluding carboxylic acids is 1. The summed E-state index contributed by atoms with van der Waals surface area (Å²) in [5.41, 5.74) is 0.0450. The Hall–Kier alpha value is -2.76. The normalized spacial score (nSPS) is 11.5. The second-order valence-electron chi connectivity index (χ2n) is 4.67. The van der Waals surface area contributed by atoms with Crippen LogP contribution in [-0.2, 0) is 11.0 Å². The molecule has 0 aliphatic rings. The summed E-state index contributed by atoms with van der Waals surface area (Å²) >= 11 is 0. The molecule has 1 amide bonds. The predicted octanol–water partition coefficient (Wildman–Crippen LogP) is 4.37. The van der Waals surface area contributed by atoms with Crippen LogP contribution in [0.5, 0.6) is 5.75 Å². The quantitative estimate of drug-likeness (QED) is 0.850. The molecular weight excluding hydrogens is 307 g/mol. The third-order valence-electron chi connectivity index (χ3n) is 3.00. The summed E-state index contributed by atoms with van der Waals surface area (Å²) in [6, 6.07) is 11.5. The highest BCUT2D eigenvalue weighted by Crippen LogP contribution is 2.30. The molecule has 2 aromatic carbocycles. The van der Waals surface area contributed by atoms with E-state index in [0.717, 1.165) is 17.7 Å². The van der Waals surface area contributed by atoms with Crippen molar-refractivity contribution in [3.05, 3.63) is 65.7 Å². The highest BCUT2D eigenvalue weighted by molar-refractivity contribution is 6.01. The van der Waals surface area contributed by atoms with Gasteiger partial charge in [0.25, 0.3) is 0 Å². The van der Waals surface area contributed by atoms with E-state index in [0.29, 0.717) is 5.75 Å². The number of hydrogen-bond acceptors (Lipinski definition) is 2. The number of nitrogens with one attached hydrogen (secondary N) is 1. The number of rotatable bonds is 4. The van der Waals surface area contributed by atoms with Crippen LogP contribution in [0.2, 0.25) is 0 Å². The smallest absolute Gasteiger partial charge is 0.416 e. The standard InChI is InChI=1S/C17H14F3NO2/c1-23-15-8-5-12(6-9-15)7-10-16(22)21-14-4-2-3-13(11-14)17(18,19)20/h2-11H,1H3,(H,21,22)/b10-7+. The van der Waals surface area contributed by atoms with E-state index in [1.807, 2.05) is 0 Å². The Kier molecular flexibility index (Phi) is 5.05. The van der Waals surface area contributed by atoms with Crippen LogP contribution in [-0.4, -0.2) is 13.0 Å². The maximum atomic E-state index is 12.6. The molecule has 0 bridgehead atoms. The van der Waals surface area contributed by atoms with Gasteiger partial charge in [-0.2, -0.15) is 13.2 Å². The molecular formula is C17H14F3NO2. The summed E-state index contributed by atoms with van der Waals surface area (Å²) in [6.45, 7) is 0. The fourth-order valence-electron chi connectivity index (χ4n) is 1.84. The lowest BCUT2D eigenvalue weighted by Gasteiger charge is -2.08. The largest absolute Gasteiger partial charge is 0.497 e. The molecule has 0 aromatic heterocycles. The molecule has 23 heavy (non-hydrogen) atoms. The Balaban J connectivity index is 2.03. The second kappa shape index (κ2) is 7.00. The van der Waals surface area contributed by atoms with Crippen LogP contribution in [0.25, 0.3) is 6.08 Å². The maximum absolute atomic E-state index is 12.6. The highest BCUT2D eigenvalue weighted by Gasteiger charge is 2.30. The van der Waals surface area contributed by atoms with Gasteiger partial charge in [-0.25, -0.2) is 0 Å².